The summed E-state index contributed by atoms with van der Waals surface area (Å²) >= 11 is 5.06. The number of benzene rings is 1. The van der Waals surface area contributed by atoms with Gasteiger partial charge in [-0.2, -0.15) is 0 Å². The van der Waals surface area contributed by atoms with Crippen molar-refractivity contribution in [1.82, 2.24) is 0 Å². The SMILES string of the molecule is CCc1cc(C(C)C)cc(C=S)c1NC. The number of nitrogens with one attached hydrogen (secondary N) is 1. The number of aryl methyl sites for hydroxylation is 1. The van der Waals surface area contributed by atoms with Gasteiger partial charge >= 0.3 is 0 Å². The van der Waals surface area contributed by atoms with Crippen LogP contribution in [0.25, 0.3) is 0 Å². The maximum Gasteiger partial charge on any atom is 0.0452 e. The van der Waals surface area contributed by atoms with E-state index in [1.807, 2.05) is 7.05 Å². The summed E-state index contributed by atoms with van der Waals surface area (Å²) in [5.74, 6) is 0.551. The highest BCUT2D eigenvalue weighted by Gasteiger charge is 2.08. The topological polar surface area (TPSA) is 12.0 Å². The van der Waals surface area contributed by atoms with Crippen molar-refractivity contribution in [3.05, 3.63) is 28.8 Å². The molecule has 0 radical (unpaired) electrons. The molecule has 1 aromatic carbocycles. The number of rotatable bonds is 4. The molecule has 82 valence electrons. The van der Waals surface area contributed by atoms with Gasteiger partial charge in [-0.25, -0.2) is 0 Å². The van der Waals surface area contributed by atoms with Crippen molar-refractivity contribution in [1.29, 1.82) is 0 Å². The van der Waals surface area contributed by atoms with E-state index in [2.05, 4.69) is 38.2 Å². The molecule has 0 aliphatic rings. The van der Waals surface area contributed by atoms with E-state index in [0.29, 0.717) is 5.92 Å². The minimum atomic E-state index is 0.551. The molecule has 0 spiro atoms. The molecule has 0 bridgehead atoms. The van der Waals surface area contributed by atoms with Crippen LogP contribution in [0.5, 0.6) is 0 Å². The second kappa shape index (κ2) is 5.26. The van der Waals surface area contributed by atoms with Crippen LogP contribution in [-0.2, 0) is 6.42 Å². The molecule has 0 aromatic heterocycles. The number of thiocarbonyl (C=S) groups is 1. The maximum absolute atomic E-state index is 5.06. The van der Waals surface area contributed by atoms with E-state index >= 15 is 0 Å². The summed E-state index contributed by atoms with van der Waals surface area (Å²) < 4.78 is 0. The Morgan fingerprint density at radius 1 is 1.40 bits per heavy atom. The Morgan fingerprint density at radius 2 is 2.07 bits per heavy atom. The van der Waals surface area contributed by atoms with Crippen LogP contribution in [0.3, 0.4) is 0 Å². The lowest BCUT2D eigenvalue weighted by atomic mass is 9.95. The Bertz CT molecular complexity index is 356. The van der Waals surface area contributed by atoms with Crippen molar-refractivity contribution >= 4 is 23.3 Å². The molecule has 0 aliphatic carbocycles. The number of anilines is 1. The minimum absolute atomic E-state index is 0.551. The van der Waals surface area contributed by atoms with Crippen LogP contribution in [0, 0.1) is 0 Å². The first-order valence-electron chi connectivity index (χ1n) is 5.43. The average molecular weight is 221 g/mol. The molecule has 1 aromatic rings. The van der Waals surface area contributed by atoms with E-state index in [1.165, 1.54) is 16.8 Å². The van der Waals surface area contributed by atoms with Crippen LogP contribution >= 0.6 is 12.2 Å². The molecule has 0 saturated heterocycles. The van der Waals surface area contributed by atoms with Crippen molar-refractivity contribution < 1.29 is 0 Å². The zero-order chi connectivity index (χ0) is 11.4. The fraction of sp³-hybridized carbons (Fsp3) is 0.462. The quantitative estimate of drug-likeness (QED) is 0.777. The molecule has 1 nitrogen and oxygen atoms in total. The highest BCUT2D eigenvalue weighted by atomic mass is 32.1. The Hall–Kier alpha value is -0.890. The molecular formula is C13H19NS. The Morgan fingerprint density at radius 3 is 2.47 bits per heavy atom. The van der Waals surface area contributed by atoms with Crippen LogP contribution in [-0.4, -0.2) is 12.4 Å². The van der Waals surface area contributed by atoms with E-state index < -0.39 is 0 Å². The Kier molecular flexibility index (Phi) is 4.28. The van der Waals surface area contributed by atoms with Crippen molar-refractivity contribution in [3.63, 3.8) is 0 Å². The molecule has 0 fully saturated rings. The molecular weight excluding hydrogens is 202 g/mol. The van der Waals surface area contributed by atoms with Crippen molar-refractivity contribution in [2.24, 2.45) is 0 Å². The van der Waals surface area contributed by atoms with Gasteiger partial charge in [0.15, 0.2) is 0 Å². The molecule has 1 rings (SSSR count). The van der Waals surface area contributed by atoms with Gasteiger partial charge in [-0.3, -0.25) is 0 Å². The lowest BCUT2D eigenvalue weighted by Crippen LogP contribution is -2.02. The average Bonchev–Trinajstić information content (AvgIpc) is 2.26. The van der Waals surface area contributed by atoms with Gasteiger partial charge in [0.1, 0.15) is 0 Å². The van der Waals surface area contributed by atoms with Crippen LogP contribution in [0.15, 0.2) is 12.1 Å². The van der Waals surface area contributed by atoms with Crippen LogP contribution < -0.4 is 5.32 Å². The lowest BCUT2D eigenvalue weighted by Gasteiger charge is -2.15. The third-order valence-electron chi connectivity index (χ3n) is 2.70. The number of hydrogen-bond acceptors (Lipinski definition) is 2. The smallest absolute Gasteiger partial charge is 0.0452 e. The molecule has 0 unspecified atom stereocenters. The zero-order valence-electron chi connectivity index (χ0n) is 9.92. The van der Waals surface area contributed by atoms with Gasteiger partial charge in [0, 0.05) is 23.7 Å². The normalized spacial score (nSPS) is 10.5. The molecule has 0 saturated carbocycles. The van der Waals surface area contributed by atoms with Gasteiger partial charge in [0.05, 0.1) is 0 Å². The van der Waals surface area contributed by atoms with E-state index in [-0.39, 0.29) is 0 Å². The zero-order valence-corrected chi connectivity index (χ0v) is 10.7. The van der Waals surface area contributed by atoms with E-state index in [4.69, 9.17) is 12.2 Å². The van der Waals surface area contributed by atoms with Crippen LogP contribution in [0.1, 0.15) is 43.4 Å². The van der Waals surface area contributed by atoms with Crippen molar-refractivity contribution in [3.8, 4) is 0 Å². The Labute approximate surface area is 97.9 Å². The molecule has 2 heteroatoms. The molecule has 0 aliphatic heterocycles. The Balaban J connectivity index is 3.35. The summed E-state index contributed by atoms with van der Waals surface area (Å²) in [6, 6.07) is 4.46. The monoisotopic (exact) mass is 221 g/mol. The predicted octanol–water partition coefficient (Wildman–Crippen LogP) is 3.76. The van der Waals surface area contributed by atoms with Gasteiger partial charge in [-0.1, -0.05) is 39.1 Å². The van der Waals surface area contributed by atoms with E-state index in [1.54, 1.807) is 5.37 Å². The van der Waals surface area contributed by atoms with Crippen LogP contribution in [0.4, 0.5) is 5.69 Å². The second-order valence-electron chi connectivity index (χ2n) is 4.02. The molecule has 1 N–H and O–H groups in total. The third kappa shape index (κ3) is 2.57. The van der Waals surface area contributed by atoms with Gasteiger partial charge in [0.2, 0.25) is 0 Å². The summed E-state index contributed by atoms with van der Waals surface area (Å²) in [6.45, 7) is 6.59. The van der Waals surface area contributed by atoms with Crippen molar-refractivity contribution in [2.75, 3.05) is 12.4 Å². The van der Waals surface area contributed by atoms with E-state index in [0.717, 1.165) is 12.0 Å². The third-order valence-corrected chi connectivity index (χ3v) is 2.95. The van der Waals surface area contributed by atoms with Crippen LogP contribution in [0.2, 0.25) is 0 Å². The fourth-order valence-electron chi connectivity index (χ4n) is 1.76. The van der Waals surface area contributed by atoms with Gasteiger partial charge in [-0.15, -0.1) is 0 Å². The molecule has 0 amide bonds. The molecule has 0 heterocycles. The molecule has 15 heavy (non-hydrogen) atoms. The summed E-state index contributed by atoms with van der Waals surface area (Å²) in [5.41, 5.74) is 5.02. The van der Waals surface area contributed by atoms with Gasteiger partial charge < -0.3 is 5.32 Å². The van der Waals surface area contributed by atoms with E-state index in [9.17, 15) is 0 Å². The minimum Gasteiger partial charge on any atom is -0.387 e. The standard InChI is InChI=1S/C13H19NS/c1-5-10-6-11(9(2)3)7-12(8-15)13(10)14-4/h6-9,14H,5H2,1-4H3. The molecule has 0 atom stereocenters. The fourth-order valence-corrected chi connectivity index (χ4v) is 1.95. The first-order chi connectivity index (χ1) is 7.13. The highest BCUT2D eigenvalue weighted by molar-refractivity contribution is 7.79. The maximum atomic E-state index is 5.06. The predicted molar refractivity (Wildman–Crippen MR) is 72.2 cm³/mol. The largest absolute Gasteiger partial charge is 0.387 e. The first-order valence-corrected chi connectivity index (χ1v) is 5.90. The highest BCUT2D eigenvalue weighted by Crippen LogP contribution is 2.26. The summed E-state index contributed by atoms with van der Waals surface area (Å²) in [6.07, 6.45) is 1.03. The summed E-state index contributed by atoms with van der Waals surface area (Å²) in [7, 11) is 1.95. The lowest BCUT2D eigenvalue weighted by molar-refractivity contribution is 0.862. The van der Waals surface area contributed by atoms with Gasteiger partial charge in [-0.05, 0) is 29.5 Å². The van der Waals surface area contributed by atoms with Crippen molar-refractivity contribution in [2.45, 2.75) is 33.1 Å². The van der Waals surface area contributed by atoms with Gasteiger partial charge in [0.25, 0.3) is 0 Å². The first kappa shape index (κ1) is 12.2. The number of hydrogen-bond donors (Lipinski definition) is 1. The summed E-state index contributed by atoms with van der Waals surface area (Å²) in [4.78, 5) is 0. The second-order valence-corrected chi connectivity index (χ2v) is 4.26. The summed E-state index contributed by atoms with van der Waals surface area (Å²) in [5, 5.41) is 5.00.